The minimum Gasteiger partial charge on any atom is -0.190 e. The van der Waals surface area contributed by atoms with Crippen LogP contribution in [0.15, 0.2) is 97.1 Å². The maximum absolute atomic E-state index is 2.89. The summed E-state index contributed by atoms with van der Waals surface area (Å²) < 4.78 is 11.5. The van der Waals surface area contributed by atoms with Crippen LogP contribution in [-0.4, -0.2) is 26.2 Å². The zero-order valence-corrected chi connectivity index (χ0v) is 32.9. The first kappa shape index (κ1) is 38.3. The van der Waals surface area contributed by atoms with Crippen molar-refractivity contribution in [2.75, 3.05) is 44.9 Å². The van der Waals surface area contributed by atoms with Gasteiger partial charge < -0.3 is 0 Å². The first-order valence-electron chi connectivity index (χ1n) is 19.1. The standard InChI is InChI=1S/C44H64N4P/c1-9-13-33-45(41-25-17-37(5)18-26-41)49(46(34-14-10-2)42-27-19-38(6)20-28-42,47(35-15-11-3)43-29-21-39(7)22-30-43)48(36-16-12-4)44-31-23-40(8)24-32-44/h17-32H,9-16,33-36H2,1-8H3/q+1. The molecule has 0 spiro atoms. The molecule has 4 aromatic rings. The molecule has 0 atom stereocenters. The van der Waals surface area contributed by atoms with Crippen molar-refractivity contribution in [2.24, 2.45) is 0 Å². The summed E-state index contributed by atoms with van der Waals surface area (Å²) in [6.07, 6.45) is 9.04. The smallest absolute Gasteiger partial charge is 0.190 e. The minimum absolute atomic E-state index is 0.977. The molecule has 0 heterocycles. The van der Waals surface area contributed by atoms with Crippen molar-refractivity contribution in [1.82, 2.24) is 0 Å². The Labute approximate surface area is 300 Å². The first-order chi connectivity index (χ1) is 23.8. The fraction of sp³-hybridized carbons (Fsp3) is 0.455. The van der Waals surface area contributed by atoms with Crippen molar-refractivity contribution in [3.8, 4) is 0 Å². The van der Waals surface area contributed by atoms with Crippen molar-refractivity contribution in [3.05, 3.63) is 119 Å². The Morgan fingerprint density at radius 1 is 0.327 bits per heavy atom. The van der Waals surface area contributed by atoms with Gasteiger partial charge in [-0.3, -0.25) is 0 Å². The average molecular weight is 680 g/mol. The third kappa shape index (κ3) is 9.40. The molecule has 0 bridgehead atoms. The van der Waals surface area contributed by atoms with E-state index in [-0.39, 0.29) is 0 Å². The molecule has 0 fully saturated rings. The highest BCUT2D eigenvalue weighted by Gasteiger charge is 2.63. The van der Waals surface area contributed by atoms with Crippen molar-refractivity contribution in [3.63, 3.8) is 0 Å². The van der Waals surface area contributed by atoms with Crippen LogP contribution in [0.4, 0.5) is 22.7 Å². The highest BCUT2D eigenvalue weighted by molar-refractivity contribution is 7.81. The van der Waals surface area contributed by atoms with Crippen LogP contribution >= 0.6 is 7.87 Å². The molecule has 264 valence electrons. The van der Waals surface area contributed by atoms with Gasteiger partial charge in [-0.15, -0.1) is 0 Å². The molecule has 0 unspecified atom stereocenters. The van der Waals surface area contributed by atoms with Gasteiger partial charge in [-0.2, -0.15) is 18.7 Å². The van der Waals surface area contributed by atoms with Gasteiger partial charge in [-0.05, 0) is 102 Å². The summed E-state index contributed by atoms with van der Waals surface area (Å²) in [5.74, 6) is 0. The predicted octanol–water partition coefficient (Wildman–Crippen LogP) is 13.1. The maximum Gasteiger partial charge on any atom is 0.405 e. The maximum atomic E-state index is 2.89. The Bertz CT molecular complexity index is 1260. The van der Waals surface area contributed by atoms with Crippen LogP contribution in [0.2, 0.25) is 0 Å². The molecule has 0 aliphatic rings. The van der Waals surface area contributed by atoms with Gasteiger partial charge in [0.2, 0.25) is 0 Å². The van der Waals surface area contributed by atoms with E-state index in [4.69, 9.17) is 0 Å². The van der Waals surface area contributed by atoms with Gasteiger partial charge in [0.15, 0.2) is 0 Å². The van der Waals surface area contributed by atoms with Crippen LogP contribution in [0.25, 0.3) is 0 Å². The summed E-state index contributed by atoms with van der Waals surface area (Å²) in [6, 6.07) is 37.7. The van der Waals surface area contributed by atoms with Crippen LogP contribution in [0.3, 0.4) is 0 Å². The fourth-order valence-electron chi connectivity index (χ4n) is 6.55. The van der Waals surface area contributed by atoms with Gasteiger partial charge in [0.1, 0.15) is 0 Å². The van der Waals surface area contributed by atoms with E-state index in [9.17, 15) is 0 Å². The summed E-state index contributed by atoms with van der Waals surface area (Å²) in [5.41, 5.74) is 10.4. The van der Waals surface area contributed by atoms with Crippen LogP contribution in [0, 0.1) is 27.7 Å². The normalized spacial score (nSPS) is 11.4. The molecule has 0 aromatic heterocycles. The molecule has 0 saturated carbocycles. The van der Waals surface area contributed by atoms with E-state index >= 15 is 0 Å². The van der Waals surface area contributed by atoms with Gasteiger partial charge in [-0.25, -0.2) is 0 Å². The summed E-state index contributed by atoms with van der Waals surface area (Å²) in [6.45, 7) is 22.1. The summed E-state index contributed by atoms with van der Waals surface area (Å²) in [7, 11) is -2.67. The molecule has 0 radical (unpaired) electrons. The van der Waals surface area contributed by atoms with E-state index in [1.165, 1.54) is 45.0 Å². The minimum atomic E-state index is -2.67. The van der Waals surface area contributed by atoms with E-state index in [0.717, 1.165) is 77.5 Å². The van der Waals surface area contributed by atoms with Gasteiger partial charge in [-0.1, -0.05) is 124 Å². The number of unbranched alkanes of at least 4 members (excludes halogenated alkanes) is 4. The molecule has 5 heteroatoms. The number of anilines is 4. The third-order valence-electron chi connectivity index (χ3n) is 9.52. The Balaban J connectivity index is 2.26. The number of hydrogen-bond donors (Lipinski definition) is 0. The molecule has 4 nitrogen and oxygen atoms in total. The molecule has 4 rings (SSSR count). The topological polar surface area (TPSA) is 13.0 Å². The highest BCUT2D eigenvalue weighted by Crippen LogP contribution is 2.73. The number of aryl methyl sites for hydroxylation is 4. The molecular weight excluding hydrogens is 615 g/mol. The van der Waals surface area contributed by atoms with Gasteiger partial charge in [0.05, 0.1) is 48.9 Å². The van der Waals surface area contributed by atoms with Gasteiger partial charge in [0, 0.05) is 0 Å². The van der Waals surface area contributed by atoms with Crippen molar-refractivity contribution >= 4 is 30.6 Å². The molecule has 49 heavy (non-hydrogen) atoms. The quantitative estimate of drug-likeness (QED) is 0.0862. The lowest BCUT2D eigenvalue weighted by Gasteiger charge is -2.53. The number of hydrogen-bond acceptors (Lipinski definition) is 4. The van der Waals surface area contributed by atoms with Gasteiger partial charge in [0.25, 0.3) is 0 Å². The Morgan fingerprint density at radius 3 is 0.673 bits per heavy atom. The second-order valence-corrected chi connectivity index (χ2v) is 16.8. The molecule has 0 amide bonds. The lowest BCUT2D eigenvalue weighted by Crippen LogP contribution is -2.55. The summed E-state index contributed by atoms with van der Waals surface area (Å²) in [4.78, 5) is 0. The van der Waals surface area contributed by atoms with E-state index in [0.29, 0.717) is 0 Å². The Hall–Kier alpha value is -3.49. The predicted molar refractivity (Wildman–Crippen MR) is 221 cm³/mol. The molecule has 0 aliphatic carbocycles. The second-order valence-electron chi connectivity index (χ2n) is 13.8. The fourth-order valence-corrected chi connectivity index (χ4v) is 11.5. The van der Waals surface area contributed by atoms with E-state index in [2.05, 4.69) is 171 Å². The molecule has 4 aromatic carbocycles. The first-order valence-corrected chi connectivity index (χ1v) is 20.7. The van der Waals surface area contributed by atoms with Crippen LogP contribution < -0.4 is 18.7 Å². The van der Waals surface area contributed by atoms with E-state index in [1.807, 2.05) is 0 Å². The SMILES string of the molecule is CCCCN(c1ccc(C)cc1)[P+](N(CCCC)c1ccc(C)cc1)(N(CCCC)c1ccc(C)cc1)N(CCCC)c1ccc(C)cc1. The zero-order valence-electron chi connectivity index (χ0n) is 32.0. The Morgan fingerprint density at radius 2 is 0.510 bits per heavy atom. The monoisotopic (exact) mass is 679 g/mol. The number of rotatable bonds is 20. The van der Waals surface area contributed by atoms with Crippen molar-refractivity contribution < 1.29 is 0 Å². The van der Waals surface area contributed by atoms with E-state index in [1.54, 1.807) is 0 Å². The molecular formula is C44H64N4P+. The van der Waals surface area contributed by atoms with Crippen molar-refractivity contribution in [1.29, 1.82) is 0 Å². The zero-order chi connectivity index (χ0) is 35.2. The Kier molecular flexibility index (Phi) is 14.9. The van der Waals surface area contributed by atoms with Crippen molar-refractivity contribution in [2.45, 2.75) is 107 Å². The molecule has 0 saturated heterocycles. The van der Waals surface area contributed by atoms with Crippen LogP contribution in [0.1, 0.15) is 101 Å². The lowest BCUT2D eigenvalue weighted by atomic mass is 10.2. The van der Waals surface area contributed by atoms with Crippen LogP contribution in [-0.2, 0) is 0 Å². The van der Waals surface area contributed by atoms with Crippen LogP contribution in [0.5, 0.6) is 0 Å². The second kappa shape index (κ2) is 19.0. The number of nitrogens with zero attached hydrogens (tertiary/aromatic N) is 4. The molecule has 0 aliphatic heterocycles. The summed E-state index contributed by atoms with van der Waals surface area (Å²) >= 11 is 0. The van der Waals surface area contributed by atoms with Gasteiger partial charge >= 0.3 is 7.87 Å². The largest absolute Gasteiger partial charge is 0.405 e. The van der Waals surface area contributed by atoms with E-state index < -0.39 is 7.87 Å². The average Bonchev–Trinajstić information content (AvgIpc) is 3.11. The highest BCUT2D eigenvalue weighted by atomic mass is 31.2. The number of benzene rings is 4. The molecule has 0 N–H and O–H groups in total. The summed E-state index contributed by atoms with van der Waals surface area (Å²) in [5, 5.41) is 0. The third-order valence-corrected chi connectivity index (χ3v) is 13.8. The lowest BCUT2D eigenvalue weighted by molar-refractivity contribution is 0.740.